The van der Waals surface area contributed by atoms with Crippen LogP contribution < -0.4 is 0 Å². The van der Waals surface area contributed by atoms with Crippen LogP contribution in [0.4, 0.5) is 0 Å². The Labute approximate surface area is 265 Å². The normalized spacial score (nSPS) is 50.6. The van der Waals surface area contributed by atoms with Crippen molar-refractivity contribution in [3.8, 4) is 0 Å². The molecule has 20 atom stereocenters. The van der Waals surface area contributed by atoms with Crippen LogP contribution in [0.5, 0.6) is 0 Å². The van der Waals surface area contributed by atoms with E-state index in [1.807, 2.05) is 0 Å². The van der Waals surface area contributed by atoms with Crippen molar-refractivity contribution in [2.24, 2.45) is 0 Å². The highest BCUT2D eigenvalue weighted by molar-refractivity contribution is 4.95. The summed E-state index contributed by atoms with van der Waals surface area (Å²) in [4.78, 5) is 0. The Morgan fingerprint density at radius 3 is 0.915 bits per heavy atom. The SMILES string of the molecule is O.OC[C@H]1O[C@@H](O[C@H]2[C@H](O)[C@@H](O)C(O)O[C@@H]2CO)[C@H](O)[C@@H](O)[C@H]1O.OC[C@H]1O[C@@H](O[C@H]2[C@H](O)[C@@H](O)C(O)O[C@@H]2CO)[C@H](O)[C@@H](O)[C@H]1O. The Balaban J connectivity index is 0.000000320. The number of hydrogen-bond donors (Lipinski definition) is 16. The summed E-state index contributed by atoms with van der Waals surface area (Å²) in [6, 6.07) is 0. The van der Waals surface area contributed by atoms with Gasteiger partial charge in [0.25, 0.3) is 0 Å². The van der Waals surface area contributed by atoms with Crippen molar-refractivity contribution in [2.45, 2.75) is 123 Å². The Kier molecular flexibility index (Phi) is 16.5. The highest BCUT2D eigenvalue weighted by Gasteiger charge is 2.51. The lowest BCUT2D eigenvalue weighted by Crippen LogP contribution is -2.64. The van der Waals surface area contributed by atoms with Crippen LogP contribution in [0.3, 0.4) is 0 Å². The standard InChI is InChI=1S/2C12H22O11.H2O/c2*13-1-3-5(15)6(16)9(19)12(22-3)23-10-4(2-14)21-11(20)8(18)7(10)17;/h2*3-20H,1-2H2;1H2/t2*3-,4-,5+,6+,7-,8-,9-,10-,11?,12+;/m11./s1. The molecule has 4 rings (SSSR count). The second-order valence-electron chi connectivity index (χ2n) is 11.1. The van der Waals surface area contributed by atoms with Gasteiger partial charge in [-0.15, -0.1) is 0 Å². The van der Waals surface area contributed by atoms with E-state index in [0.29, 0.717) is 0 Å². The van der Waals surface area contributed by atoms with Gasteiger partial charge in [-0.2, -0.15) is 0 Å². The molecule has 0 bridgehead atoms. The lowest BCUT2D eigenvalue weighted by molar-refractivity contribution is -0.355. The molecule has 0 radical (unpaired) electrons. The third-order valence-corrected chi connectivity index (χ3v) is 7.96. The number of aliphatic hydroxyl groups is 16. The van der Waals surface area contributed by atoms with Gasteiger partial charge in [-0.05, 0) is 0 Å². The first-order valence-corrected chi connectivity index (χ1v) is 14.2. The van der Waals surface area contributed by atoms with E-state index in [1.54, 1.807) is 0 Å². The van der Waals surface area contributed by atoms with Crippen molar-refractivity contribution >= 4 is 0 Å². The largest absolute Gasteiger partial charge is 0.412 e. The van der Waals surface area contributed by atoms with Gasteiger partial charge in [0.15, 0.2) is 25.2 Å². The molecule has 0 saturated carbocycles. The van der Waals surface area contributed by atoms with E-state index in [-0.39, 0.29) is 5.48 Å². The first kappa shape index (κ1) is 42.2. The van der Waals surface area contributed by atoms with Crippen LogP contribution in [0.2, 0.25) is 0 Å². The van der Waals surface area contributed by atoms with Crippen molar-refractivity contribution in [3.05, 3.63) is 0 Å². The second-order valence-corrected chi connectivity index (χ2v) is 11.1. The molecule has 4 aliphatic heterocycles. The fourth-order valence-electron chi connectivity index (χ4n) is 5.14. The summed E-state index contributed by atoms with van der Waals surface area (Å²) in [6.07, 6.45) is -31.1. The zero-order valence-corrected chi connectivity index (χ0v) is 24.5. The van der Waals surface area contributed by atoms with E-state index in [0.717, 1.165) is 0 Å². The van der Waals surface area contributed by atoms with Gasteiger partial charge in [0.1, 0.15) is 97.7 Å². The van der Waals surface area contributed by atoms with Gasteiger partial charge < -0.3 is 116 Å². The number of rotatable bonds is 8. The minimum atomic E-state index is -1.74. The summed E-state index contributed by atoms with van der Waals surface area (Å²) in [6.45, 7) is -2.69. The zero-order valence-electron chi connectivity index (χ0n) is 24.5. The molecule has 0 aromatic rings. The van der Waals surface area contributed by atoms with Crippen molar-refractivity contribution in [1.29, 1.82) is 0 Å². The molecule has 4 aliphatic rings. The van der Waals surface area contributed by atoms with E-state index in [2.05, 4.69) is 0 Å². The van der Waals surface area contributed by atoms with Gasteiger partial charge >= 0.3 is 0 Å². The Morgan fingerprint density at radius 1 is 0.340 bits per heavy atom. The van der Waals surface area contributed by atoms with Crippen LogP contribution in [-0.2, 0) is 28.4 Å². The third-order valence-electron chi connectivity index (χ3n) is 7.96. The molecule has 0 aromatic carbocycles. The lowest BCUT2D eigenvalue weighted by Gasteiger charge is -2.45. The highest BCUT2D eigenvalue weighted by atomic mass is 16.7. The van der Waals surface area contributed by atoms with Crippen molar-refractivity contribution in [3.63, 3.8) is 0 Å². The van der Waals surface area contributed by atoms with Gasteiger partial charge in [-0.3, -0.25) is 0 Å². The minimum absolute atomic E-state index is 0. The van der Waals surface area contributed by atoms with Crippen LogP contribution in [0.1, 0.15) is 0 Å². The molecule has 4 heterocycles. The monoisotopic (exact) mass is 702 g/mol. The molecule has 0 aromatic heterocycles. The minimum Gasteiger partial charge on any atom is -0.412 e. The summed E-state index contributed by atoms with van der Waals surface area (Å²) in [5, 5.41) is 153. The summed E-state index contributed by atoms with van der Waals surface area (Å²) in [7, 11) is 0. The maximum Gasteiger partial charge on any atom is 0.187 e. The van der Waals surface area contributed by atoms with E-state index >= 15 is 0 Å². The summed E-state index contributed by atoms with van der Waals surface area (Å²) in [5.41, 5.74) is 0. The summed E-state index contributed by atoms with van der Waals surface area (Å²) in [5.74, 6) is 0. The maximum atomic E-state index is 9.94. The van der Waals surface area contributed by atoms with Crippen molar-refractivity contribution in [2.75, 3.05) is 26.4 Å². The number of aliphatic hydroxyl groups excluding tert-OH is 16. The van der Waals surface area contributed by atoms with E-state index in [1.165, 1.54) is 0 Å². The first-order chi connectivity index (χ1) is 21.6. The molecular weight excluding hydrogens is 656 g/mol. The van der Waals surface area contributed by atoms with Crippen LogP contribution >= 0.6 is 0 Å². The molecule has 18 N–H and O–H groups in total. The van der Waals surface area contributed by atoms with E-state index in [9.17, 15) is 71.5 Å². The van der Waals surface area contributed by atoms with Crippen LogP contribution in [0.15, 0.2) is 0 Å². The third kappa shape index (κ3) is 9.25. The predicted molar refractivity (Wildman–Crippen MR) is 141 cm³/mol. The molecule has 4 saturated heterocycles. The molecule has 2 unspecified atom stereocenters. The smallest absolute Gasteiger partial charge is 0.187 e. The average molecular weight is 703 g/mol. The lowest BCUT2D eigenvalue weighted by atomic mass is 9.97. The predicted octanol–water partition coefficient (Wildman–Crippen LogP) is -11.6. The van der Waals surface area contributed by atoms with Gasteiger partial charge in [0.2, 0.25) is 0 Å². The van der Waals surface area contributed by atoms with Gasteiger partial charge in [-0.1, -0.05) is 0 Å². The Bertz CT molecular complexity index is 827. The molecule has 0 aliphatic carbocycles. The molecular formula is C24H46O23. The Hall–Kier alpha value is -0.920. The number of hydrogen-bond acceptors (Lipinski definition) is 22. The van der Waals surface area contributed by atoms with Crippen molar-refractivity contribution in [1.82, 2.24) is 0 Å². The quantitative estimate of drug-likeness (QED) is 0.112. The molecule has 47 heavy (non-hydrogen) atoms. The van der Waals surface area contributed by atoms with Gasteiger partial charge in [-0.25, -0.2) is 0 Å². The zero-order chi connectivity index (χ0) is 34.6. The van der Waals surface area contributed by atoms with E-state index in [4.69, 9.17) is 38.6 Å². The Morgan fingerprint density at radius 2 is 0.638 bits per heavy atom. The summed E-state index contributed by atoms with van der Waals surface area (Å²) >= 11 is 0. The summed E-state index contributed by atoms with van der Waals surface area (Å²) < 4.78 is 30.5. The average Bonchev–Trinajstić information content (AvgIpc) is 3.05. The highest BCUT2D eigenvalue weighted by Crippen LogP contribution is 2.30. The molecule has 23 nitrogen and oxygen atoms in total. The van der Waals surface area contributed by atoms with Gasteiger partial charge in [0.05, 0.1) is 26.4 Å². The molecule has 23 heteroatoms. The van der Waals surface area contributed by atoms with Crippen LogP contribution in [0.25, 0.3) is 0 Å². The van der Waals surface area contributed by atoms with E-state index < -0.39 is 149 Å². The molecule has 4 fully saturated rings. The molecule has 280 valence electrons. The fourth-order valence-corrected chi connectivity index (χ4v) is 5.14. The second kappa shape index (κ2) is 18.4. The maximum absolute atomic E-state index is 9.94. The first-order valence-electron chi connectivity index (χ1n) is 14.2. The van der Waals surface area contributed by atoms with Crippen LogP contribution in [-0.4, -0.2) is 236 Å². The van der Waals surface area contributed by atoms with Gasteiger partial charge in [0, 0.05) is 0 Å². The molecule has 0 spiro atoms. The topological polar surface area (TPSA) is 411 Å². The number of ether oxygens (including phenoxy) is 6. The van der Waals surface area contributed by atoms with Crippen LogP contribution in [0, 0.1) is 0 Å². The fraction of sp³-hybridized carbons (Fsp3) is 1.00. The molecule has 0 amide bonds. The van der Waals surface area contributed by atoms with Crippen molar-refractivity contribution < 1.29 is 116 Å².